The molecule has 0 saturated heterocycles. The number of anilines is 1. The van der Waals surface area contributed by atoms with E-state index >= 15 is 0 Å². The molecule has 0 atom stereocenters. The third kappa shape index (κ3) is 3.36. The van der Waals surface area contributed by atoms with Crippen molar-refractivity contribution in [3.63, 3.8) is 0 Å². The Morgan fingerprint density at radius 2 is 1.94 bits per heavy atom. The van der Waals surface area contributed by atoms with Gasteiger partial charge in [-0.1, -0.05) is 0 Å². The lowest BCUT2D eigenvalue weighted by molar-refractivity contribution is 0.146. The lowest BCUT2D eigenvalue weighted by Crippen LogP contribution is -2.16. The molecule has 0 spiro atoms. The molecule has 0 aromatic heterocycles. The topological polar surface area (TPSA) is 78.6 Å². The average molecular weight is 273 g/mol. The fraction of sp³-hybridized carbons (Fsp3) is 0.500. The van der Waals surface area contributed by atoms with Gasteiger partial charge in [0, 0.05) is 13.2 Å². The van der Waals surface area contributed by atoms with Crippen LogP contribution in [0.3, 0.4) is 0 Å². The summed E-state index contributed by atoms with van der Waals surface area (Å²) in [6.45, 7) is 4.04. The van der Waals surface area contributed by atoms with Crippen LogP contribution in [-0.4, -0.2) is 34.0 Å². The van der Waals surface area contributed by atoms with Crippen LogP contribution in [0.15, 0.2) is 23.1 Å². The van der Waals surface area contributed by atoms with Gasteiger partial charge in [-0.15, -0.1) is 0 Å². The smallest absolute Gasteiger partial charge is 0.182 e. The summed E-state index contributed by atoms with van der Waals surface area (Å²) in [5, 5.41) is -0.519. The van der Waals surface area contributed by atoms with E-state index in [-0.39, 0.29) is 10.6 Å². The Balaban J connectivity index is 3.02. The van der Waals surface area contributed by atoms with Crippen LogP contribution in [0.5, 0.6) is 5.75 Å². The van der Waals surface area contributed by atoms with E-state index < -0.39 is 15.1 Å². The molecule has 0 fully saturated rings. The zero-order valence-corrected chi connectivity index (χ0v) is 11.7. The fourth-order valence-corrected chi connectivity index (χ4v) is 2.53. The summed E-state index contributed by atoms with van der Waals surface area (Å²) in [5.74, 6) is 0.473. The van der Waals surface area contributed by atoms with Crippen LogP contribution in [-0.2, 0) is 14.6 Å². The first-order chi connectivity index (χ1) is 8.39. The van der Waals surface area contributed by atoms with Gasteiger partial charge in [-0.05, 0) is 26.0 Å². The van der Waals surface area contributed by atoms with Crippen molar-refractivity contribution < 1.29 is 17.9 Å². The van der Waals surface area contributed by atoms with Crippen LogP contribution in [0.1, 0.15) is 13.8 Å². The highest BCUT2D eigenvalue weighted by molar-refractivity contribution is 7.92. The van der Waals surface area contributed by atoms with E-state index in [9.17, 15) is 8.42 Å². The third-order valence-electron chi connectivity index (χ3n) is 2.47. The minimum atomic E-state index is -3.40. The number of hydrogen-bond acceptors (Lipinski definition) is 5. The minimum Gasteiger partial charge on any atom is -0.491 e. The molecule has 5 nitrogen and oxygen atoms in total. The van der Waals surface area contributed by atoms with Crippen LogP contribution in [0.4, 0.5) is 5.69 Å². The molecule has 18 heavy (non-hydrogen) atoms. The number of benzene rings is 1. The Kier molecular flexibility index (Phi) is 4.98. The van der Waals surface area contributed by atoms with Crippen LogP contribution in [0.25, 0.3) is 0 Å². The first kappa shape index (κ1) is 14.8. The molecule has 0 radical (unpaired) electrons. The highest BCUT2D eigenvalue weighted by Gasteiger charge is 2.22. The molecule has 1 rings (SSSR count). The van der Waals surface area contributed by atoms with Crippen LogP contribution in [0.2, 0.25) is 0 Å². The Hall–Kier alpha value is -1.27. The molecule has 0 bridgehead atoms. The predicted octanol–water partition coefficient (Wildman–Crippen LogP) is 1.48. The van der Waals surface area contributed by atoms with Gasteiger partial charge in [0.15, 0.2) is 9.84 Å². The average Bonchev–Trinajstić information content (AvgIpc) is 2.31. The van der Waals surface area contributed by atoms with Crippen molar-refractivity contribution in [3.05, 3.63) is 18.2 Å². The molecule has 0 saturated carbocycles. The van der Waals surface area contributed by atoms with Crippen LogP contribution < -0.4 is 10.5 Å². The maximum absolute atomic E-state index is 12.1. The summed E-state index contributed by atoms with van der Waals surface area (Å²) in [4.78, 5) is 0.118. The van der Waals surface area contributed by atoms with E-state index in [1.54, 1.807) is 27.0 Å². The third-order valence-corrected chi connectivity index (χ3v) is 4.68. The van der Waals surface area contributed by atoms with Crippen molar-refractivity contribution in [3.8, 4) is 5.75 Å². The zero-order chi connectivity index (χ0) is 13.8. The van der Waals surface area contributed by atoms with Gasteiger partial charge in [-0.3, -0.25) is 0 Å². The quantitative estimate of drug-likeness (QED) is 0.627. The maximum Gasteiger partial charge on any atom is 0.182 e. The zero-order valence-electron chi connectivity index (χ0n) is 10.8. The monoisotopic (exact) mass is 273 g/mol. The summed E-state index contributed by atoms with van der Waals surface area (Å²) >= 11 is 0. The number of sulfone groups is 1. The lowest BCUT2D eigenvalue weighted by atomic mass is 10.3. The van der Waals surface area contributed by atoms with Gasteiger partial charge in [-0.2, -0.15) is 0 Å². The maximum atomic E-state index is 12.1. The van der Waals surface area contributed by atoms with Crippen LogP contribution in [0, 0.1) is 0 Å². The molecule has 0 unspecified atom stereocenters. The molecular weight excluding hydrogens is 254 g/mol. The number of hydrogen-bond donors (Lipinski definition) is 1. The number of nitrogens with two attached hydrogens (primary N) is 1. The summed E-state index contributed by atoms with van der Waals surface area (Å²) in [7, 11) is -1.83. The molecule has 2 N–H and O–H groups in total. The lowest BCUT2D eigenvalue weighted by Gasteiger charge is -2.12. The standard InChI is InChI=1S/C12H19NO4S/c1-9(2)18(14,15)12-8-10(4-5-11(12)13)17-7-6-16-3/h4-5,8-9H,6-7,13H2,1-3H3. The minimum absolute atomic E-state index is 0.118. The van der Waals surface area contributed by atoms with Gasteiger partial charge < -0.3 is 15.2 Å². The van der Waals surface area contributed by atoms with E-state index in [1.807, 2.05) is 0 Å². The van der Waals surface area contributed by atoms with Gasteiger partial charge in [0.05, 0.1) is 22.4 Å². The first-order valence-corrected chi connectivity index (χ1v) is 7.19. The Morgan fingerprint density at radius 1 is 1.28 bits per heavy atom. The first-order valence-electron chi connectivity index (χ1n) is 5.64. The van der Waals surface area contributed by atoms with E-state index in [1.165, 1.54) is 12.1 Å². The fourth-order valence-electron chi connectivity index (χ4n) is 1.35. The van der Waals surface area contributed by atoms with Crippen molar-refractivity contribution in [2.24, 2.45) is 0 Å². The number of rotatable bonds is 6. The molecule has 0 aliphatic rings. The van der Waals surface area contributed by atoms with E-state index in [0.29, 0.717) is 19.0 Å². The second kappa shape index (κ2) is 6.06. The number of methoxy groups -OCH3 is 1. The summed E-state index contributed by atoms with van der Waals surface area (Å²) < 4.78 is 34.4. The van der Waals surface area contributed by atoms with Gasteiger partial charge in [0.2, 0.25) is 0 Å². The molecule has 0 amide bonds. The molecule has 1 aromatic carbocycles. The Morgan fingerprint density at radius 3 is 2.50 bits per heavy atom. The van der Waals surface area contributed by atoms with Crippen molar-refractivity contribution >= 4 is 15.5 Å². The van der Waals surface area contributed by atoms with Gasteiger partial charge in [0.1, 0.15) is 12.4 Å². The van der Waals surface area contributed by atoms with Crippen molar-refractivity contribution in [1.82, 2.24) is 0 Å². The van der Waals surface area contributed by atoms with E-state index in [2.05, 4.69) is 0 Å². The second-order valence-corrected chi connectivity index (χ2v) is 6.61. The number of ether oxygens (including phenoxy) is 2. The van der Waals surface area contributed by atoms with Gasteiger partial charge >= 0.3 is 0 Å². The van der Waals surface area contributed by atoms with E-state index in [4.69, 9.17) is 15.2 Å². The highest BCUT2D eigenvalue weighted by Crippen LogP contribution is 2.27. The molecular formula is C12H19NO4S. The molecule has 1 aromatic rings. The van der Waals surface area contributed by atoms with Crippen LogP contribution >= 0.6 is 0 Å². The second-order valence-electron chi connectivity index (χ2n) is 4.13. The van der Waals surface area contributed by atoms with Crippen molar-refractivity contribution in [2.45, 2.75) is 24.0 Å². The van der Waals surface area contributed by atoms with Crippen molar-refractivity contribution in [2.75, 3.05) is 26.1 Å². The van der Waals surface area contributed by atoms with E-state index in [0.717, 1.165) is 0 Å². The SMILES string of the molecule is COCCOc1ccc(N)c(S(=O)(=O)C(C)C)c1. The molecule has 102 valence electrons. The Bertz CT molecular complexity index is 497. The van der Waals surface area contributed by atoms with Gasteiger partial charge in [0.25, 0.3) is 0 Å². The summed E-state index contributed by atoms with van der Waals surface area (Å²) in [6.07, 6.45) is 0. The van der Waals surface area contributed by atoms with Crippen molar-refractivity contribution in [1.29, 1.82) is 0 Å². The normalized spacial score (nSPS) is 11.8. The largest absolute Gasteiger partial charge is 0.491 e. The summed E-state index contributed by atoms with van der Waals surface area (Å²) in [5.41, 5.74) is 5.95. The van der Waals surface area contributed by atoms with Gasteiger partial charge in [-0.25, -0.2) is 8.42 Å². The highest BCUT2D eigenvalue weighted by atomic mass is 32.2. The predicted molar refractivity (Wildman–Crippen MR) is 70.5 cm³/mol. The summed E-state index contributed by atoms with van der Waals surface area (Å²) in [6, 6.07) is 4.64. The Labute approximate surface area is 108 Å². The molecule has 0 aliphatic heterocycles. The molecule has 0 aliphatic carbocycles. The number of nitrogen functional groups attached to an aromatic ring is 1. The molecule has 0 heterocycles. The molecule has 6 heteroatoms.